The van der Waals surface area contributed by atoms with Crippen molar-refractivity contribution in [2.45, 2.75) is 25.3 Å². The van der Waals surface area contributed by atoms with Crippen molar-refractivity contribution in [1.82, 2.24) is 4.98 Å². The second-order valence-corrected chi connectivity index (χ2v) is 8.52. The predicted octanol–water partition coefficient (Wildman–Crippen LogP) is 4.84. The molecule has 1 unspecified atom stereocenters. The van der Waals surface area contributed by atoms with Crippen molar-refractivity contribution in [3.05, 3.63) is 95.6 Å². The number of rotatable bonds is 4. The summed E-state index contributed by atoms with van der Waals surface area (Å²) in [5.74, 6) is -2.32. The minimum atomic E-state index is -0.839. The summed E-state index contributed by atoms with van der Waals surface area (Å²) >= 11 is 0. The Morgan fingerprint density at radius 3 is 2.12 bits per heavy atom. The van der Waals surface area contributed by atoms with Gasteiger partial charge < -0.3 is 10.0 Å². The molecule has 3 heterocycles. The van der Waals surface area contributed by atoms with Gasteiger partial charge in [0.25, 0.3) is 11.7 Å². The smallest absolute Gasteiger partial charge is 0.300 e. The van der Waals surface area contributed by atoms with Crippen molar-refractivity contribution in [3.8, 4) is 0 Å². The summed E-state index contributed by atoms with van der Waals surface area (Å²) in [6, 6.07) is 15.3. The fraction of sp³-hybridized carbons (Fsp3) is 0.222. The monoisotopic (exact) mass is 457 g/mol. The van der Waals surface area contributed by atoms with E-state index in [2.05, 4.69) is 9.88 Å². The highest BCUT2D eigenvalue weighted by molar-refractivity contribution is 6.51. The number of carbonyl (C=O) groups is 2. The van der Waals surface area contributed by atoms with Crippen molar-refractivity contribution < 1.29 is 19.1 Å². The van der Waals surface area contributed by atoms with E-state index < -0.39 is 23.5 Å². The molecule has 2 saturated heterocycles. The molecular weight excluding hydrogens is 433 g/mol. The highest BCUT2D eigenvalue weighted by Gasteiger charge is 2.47. The van der Waals surface area contributed by atoms with E-state index in [-0.39, 0.29) is 16.9 Å². The van der Waals surface area contributed by atoms with Crippen molar-refractivity contribution in [1.29, 1.82) is 0 Å². The maximum Gasteiger partial charge on any atom is 0.300 e. The van der Waals surface area contributed by atoms with E-state index in [4.69, 9.17) is 0 Å². The maximum absolute atomic E-state index is 13.4. The number of hydrogen-bond acceptors (Lipinski definition) is 5. The van der Waals surface area contributed by atoms with Crippen molar-refractivity contribution in [2.24, 2.45) is 0 Å². The first-order valence-electron chi connectivity index (χ1n) is 11.4. The normalized spacial score (nSPS) is 20.1. The highest BCUT2D eigenvalue weighted by atomic mass is 19.1. The van der Waals surface area contributed by atoms with E-state index in [1.807, 2.05) is 24.3 Å². The van der Waals surface area contributed by atoms with Gasteiger partial charge in [-0.3, -0.25) is 19.5 Å². The van der Waals surface area contributed by atoms with Crippen LogP contribution in [0.25, 0.3) is 5.76 Å². The van der Waals surface area contributed by atoms with Crippen molar-refractivity contribution in [3.63, 3.8) is 0 Å². The second-order valence-electron chi connectivity index (χ2n) is 8.52. The Morgan fingerprint density at radius 2 is 1.47 bits per heavy atom. The first-order valence-corrected chi connectivity index (χ1v) is 11.4. The summed E-state index contributed by atoms with van der Waals surface area (Å²) in [5.41, 5.74) is 2.49. The molecule has 5 rings (SSSR count). The van der Waals surface area contributed by atoms with Gasteiger partial charge in [-0.25, -0.2) is 4.39 Å². The predicted molar refractivity (Wildman–Crippen MR) is 128 cm³/mol. The molecule has 6 nitrogen and oxygen atoms in total. The van der Waals surface area contributed by atoms with Crippen LogP contribution in [-0.4, -0.2) is 34.9 Å². The number of nitrogens with zero attached hydrogens (tertiary/aromatic N) is 3. The van der Waals surface area contributed by atoms with Crippen LogP contribution < -0.4 is 9.80 Å². The number of benzene rings is 2. The molecule has 1 amide bonds. The van der Waals surface area contributed by atoms with Gasteiger partial charge in [-0.05, 0) is 85.5 Å². The van der Waals surface area contributed by atoms with Crippen LogP contribution in [0.15, 0.2) is 78.6 Å². The molecule has 0 radical (unpaired) electrons. The average molecular weight is 458 g/mol. The summed E-state index contributed by atoms with van der Waals surface area (Å²) < 4.78 is 13.4. The Hall–Kier alpha value is -4.00. The van der Waals surface area contributed by atoms with Gasteiger partial charge in [-0.2, -0.15) is 0 Å². The molecule has 2 aliphatic heterocycles. The fourth-order valence-electron chi connectivity index (χ4n) is 4.70. The number of amides is 1. The van der Waals surface area contributed by atoms with Crippen LogP contribution in [0, 0.1) is 5.82 Å². The molecule has 1 aromatic heterocycles. The van der Waals surface area contributed by atoms with Gasteiger partial charge in [0.1, 0.15) is 11.6 Å². The molecule has 0 bridgehead atoms. The molecule has 1 atom stereocenters. The van der Waals surface area contributed by atoms with Crippen LogP contribution in [0.1, 0.15) is 36.4 Å². The highest BCUT2D eigenvalue weighted by Crippen LogP contribution is 2.42. The average Bonchev–Trinajstić information content (AvgIpc) is 3.15. The number of pyridine rings is 1. The zero-order chi connectivity index (χ0) is 23.7. The van der Waals surface area contributed by atoms with Gasteiger partial charge in [0.2, 0.25) is 0 Å². The molecule has 0 spiro atoms. The lowest BCUT2D eigenvalue weighted by molar-refractivity contribution is -0.132. The van der Waals surface area contributed by atoms with E-state index >= 15 is 0 Å². The molecule has 2 aromatic carbocycles. The molecule has 2 fully saturated rings. The molecule has 172 valence electrons. The lowest BCUT2D eigenvalue weighted by atomic mass is 9.95. The summed E-state index contributed by atoms with van der Waals surface area (Å²) in [6.45, 7) is 2.00. The Labute approximate surface area is 197 Å². The number of anilines is 2. The van der Waals surface area contributed by atoms with Gasteiger partial charge in [-0.1, -0.05) is 0 Å². The van der Waals surface area contributed by atoms with Gasteiger partial charge in [0, 0.05) is 42.4 Å². The molecule has 0 saturated carbocycles. The lowest BCUT2D eigenvalue weighted by Crippen LogP contribution is -2.30. The Bertz CT molecular complexity index is 1230. The largest absolute Gasteiger partial charge is 0.507 e. The van der Waals surface area contributed by atoms with Crippen LogP contribution in [0.4, 0.5) is 15.8 Å². The lowest BCUT2D eigenvalue weighted by Gasteiger charge is -2.30. The topological polar surface area (TPSA) is 73.7 Å². The minimum absolute atomic E-state index is 0.0390. The molecule has 34 heavy (non-hydrogen) atoms. The van der Waals surface area contributed by atoms with Gasteiger partial charge in [0.05, 0.1) is 11.6 Å². The number of aliphatic hydroxyl groups is 1. The number of Topliss-reactive ketones (excluding diaryl/α,β-unsaturated/α-hetero) is 1. The van der Waals surface area contributed by atoms with E-state index in [0.29, 0.717) is 11.3 Å². The van der Waals surface area contributed by atoms with Crippen LogP contribution >= 0.6 is 0 Å². The van der Waals surface area contributed by atoms with Crippen LogP contribution in [-0.2, 0) is 9.59 Å². The third-order valence-corrected chi connectivity index (χ3v) is 6.43. The number of carbonyl (C=O) groups excluding carboxylic acids is 2. The number of halogens is 1. The molecule has 0 aliphatic carbocycles. The molecule has 7 heteroatoms. The quantitative estimate of drug-likeness (QED) is 0.345. The maximum atomic E-state index is 13.4. The summed E-state index contributed by atoms with van der Waals surface area (Å²) in [4.78, 5) is 34.1. The van der Waals surface area contributed by atoms with Crippen LogP contribution in [0.2, 0.25) is 0 Å². The summed E-state index contributed by atoms with van der Waals surface area (Å²) in [7, 11) is 0. The first kappa shape index (κ1) is 21.8. The Morgan fingerprint density at radius 1 is 0.853 bits per heavy atom. The number of aliphatic hydroxyl groups excluding tert-OH is 1. The van der Waals surface area contributed by atoms with E-state index in [0.717, 1.165) is 31.6 Å². The molecular formula is C27H24FN3O3. The van der Waals surface area contributed by atoms with Crippen molar-refractivity contribution >= 4 is 28.8 Å². The van der Waals surface area contributed by atoms with Crippen LogP contribution in [0.5, 0.6) is 0 Å². The third kappa shape index (κ3) is 3.94. The first-order chi connectivity index (χ1) is 16.5. The van der Waals surface area contributed by atoms with Gasteiger partial charge >= 0.3 is 0 Å². The summed E-state index contributed by atoms with van der Waals surface area (Å²) in [6.07, 6.45) is 6.70. The van der Waals surface area contributed by atoms with E-state index in [9.17, 15) is 19.1 Å². The third-order valence-electron chi connectivity index (χ3n) is 6.43. The van der Waals surface area contributed by atoms with Crippen LogP contribution in [0.3, 0.4) is 0 Å². The van der Waals surface area contributed by atoms with Gasteiger partial charge in [-0.15, -0.1) is 0 Å². The standard InChI is InChI=1S/C27H24FN3O3/c28-20-6-4-19(5-7-20)25(32)23-24(18-12-14-29-15-13-18)31(27(34)26(23)33)22-10-8-21(9-11-22)30-16-2-1-3-17-30/h4-15,24,32H,1-3,16-17H2/b25-23+. The Balaban J connectivity index is 1.59. The zero-order valence-corrected chi connectivity index (χ0v) is 18.5. The number of piperidine rings is 1. The molecule has 3 aromatic rings. The van der Waals surface area contributed by atoms with E-state index in [1.165, 1.54) is 35.6 Å². The molecule has 2 aliphatic rings. The Kier molecular flexibility index (Phi) is 5.84. The second kappa shape index (κ2) is 9.09. The zero-order valence-electron chi connectivity index (χ0n) is 18.5. The minimum Gasteiger partial charge on any atom is -0.507 e. The summed E-state index contributed by atoms with van der Waals surface area (Å²) in [5, 5.41) is 11.0. The SMILES string of the molecule is O=C1C(=O)N(c2ccc(N3CCCCC3)cc2)C(c2ccncc2)/C1=C(\O)c1ccc(F)cc1. The number of hydrogen-bond donors (Lipinski definition) is 1. The molecule has 1 N–H and O–H groups in total. The fourth-order valence-corrected chi connectivity index (χ4v) is 4.70. The van der Waals surface area contributed by atoms with E-state index in [1.54, 1.807) is 24.5 Å². The number of aromatic nitrogens is 1. The van der Waals surface area contributed by atoms with Crippen molar-refractivity contribution in [2.75, 3.05) is 22.9 Å². The van der Waals surface area contributed by atoms with Gasteiger partial charge in [0.15, 0.2) is 0 Å². The number of ketones is 1.